The summed E-state index contributed by atoms with van der Waals surface area (Å²) in [5.74, 6) is -0.427. The van der Waals surface area contributed by atoms with Gasteiger partial charge in [-0.3, -0.25) is 4.79 Å². The third-order valence-corrected chi connectivity index (χ3v) is 6.45. The van der Waals surface area contributed by atoms with Crippen molar-refractivity contribution < 1.29 is 35.9 Å². The minimum atomic E-state index is -4.92. The van der Waals surface area contributed by atoms with Crippen molar-refractivity contribution in [2.45, 2.75) is 38.2 Å². The van der Waals surface area contributed by atoms with E-state index in [2.05, 4.69) is 15.9 Å². The van der Waals surface area contributed by atoms with Gasteiger partial charge in [0.15, 0.2) is 5.78 Å². The molecule has 0 heterocycles. The number of carbonyl (C=O) groups is 1. The van der Waals surface area contributed by atoms with Gasteiger partial charge in [-0.15, -0.1) is 0 Å². The third-order valence-electron chi connectivity index (χ3n) is 5.92. The minimum Gasteiger partial charge on any atom is -0.489 e. The zero-order valence-electron chi connectivity index (χ0n) is 18.1. The summed E-state index contributed by atoms with van der Waals surface area (Å²) >= 11 is 3.37. The number of rotatable bonds is 5. The van der Waals surface area contributed by atoms with Gasteiger partial charge in [-0.05, 0) is 84.5 Å². The molecule has 3 aromatic rings. The van der Waals surface area contributed by atoms with E-state index in [0.29, 0.717) is 42.9 Å². The third kappa shape index (κ3) is 6.07. The van der Waals surface area contributed by atoms with Gasteiger partial charge >= 0.3 is 12.4 Å². The van der Waals surface area contributed by atoms with E-state index < -0.39 is 29.4 Å². The Hall–Kier alpha value is -2.81. The second-order valence-corrected chi connectivity index (χ2v) is 9.37. The highest BCUT2D eigenvalue weighted by Gasteiger charge is 2.37. The Morgan fingerprint density at radius 2 is 1.46 bits per heavy atom. The summed E-state index contributed by atoms with van der Waals surface area (Å²) < 4.78 is 85.8. The zero-order valence-corrected chi connectivity index (χ0v) is 19.7. The summed E-state index contributed by atoms with van der Waals surface area (Å²) in [6.07, 6.45) is -9.27. The van der Waals surface area contributed by atoms with Crippen molar-refractivity contribution in [1.29, 1.82) is 0 Å². The molecule has 0 radical (unpaired) electrons. The van der Waals surface area contributed by atoms with Gasteiger partial charge in [0, 0.05) is 16.0 Å². The monoisotopic (exact) mass is 556 g/mol. The first-order chi connectivity index (χ1) is 16.4. The zero-order chi connectivity index (χ0) is 25.4. The summed E-state index contributed by atoms with van der Waals surface area (Å²) in [6, 6.07) is 14.1. The van der Waals surface area contributed by atoms with E-state index in [-0.39, 0.29) is 23.8 Å². The number of aryl methyl sites for hydroxylation is 1. The van der Waals surface area contributed by atoms with Crippen molar-refractivity contribution in [3.63, 3.8) is 0 Å². The number of fused-ring (bicyclic) bond motifs is 1. The summed E-state index contributed by atoms with van der Waals surface area (Å²) in [7, 11) is 0. The van der Waals surface area contributed by atoms with Crippen molar-refractivity contribution >= 4 is 21.7 Å². The lowest BCUT2D eigenvalue weighted by atomic mass is 9.79. The number of benzene rings is 3. The molecule has 1 aliphatic carbocycles. The molecule has 184 valence electrons. The fraction of sp³-hybridized carbons (Fsp3) is 0.269. The van der Waals surface area contributed by atoms with Gasteiger partial charge in [0.05, 0.1) is 11.1 Å². The second-order valence-electron chi connectivity index (χ2n) is 8.45. The highest BCUT2D eigenvalue weighted by Crippen LogP contribution is 2.38. The van der Waals surface area contributed by atoms with Crippen molar-refractivity contribution in [3.05, 3.63) is 98.5 Å². The Morgan fingerprint density at radius 3 is 2.06 bits per heavy atom. The molecule has 3 aromatic carbocycles. The predicted molar refractivity (Wildman–Crippen MR) is 121 cm³/mol. The van der Waals surface area contributed by atoms with Crippen LogP contribution in [0, 0.1) is 5.92 Å². The fourth-order valence-electron chi connectivity index (χ4n) is 4.15. The normalized spacial score (nSPS) is 16.2. The van der Waals surface area contributed by atoms with Crippen LogP contribution in [0.25, 0.3) is 0 Å². The topological polar surface area (TPSA) is 26.3 Å². The van der Waals surface area contributed by atoms with Crippen molar-refractivity contribution in [2.24, 2.45) is 5.92 Å². The molecular weight excluding hydrogens is 538 g/mol. The van der Waals surface area contributed by atoms with Crippen LogP contribution in [-0.2, 0) is 31.8 Å². The van der Waals surface area contributed by atoms with Crippen molar-refractivity contribution in [3.8, 4) is 5.75 Å². The van der Waals surface area contributed by atoms with Gasteiger partial charge < -0.3 is 4.74 Å². The lowest BCUT2D eigenvalue weighted by Gasteiger charge is -2.24. The van der Waals surface area contributed by atoms with E-state index in [1.807, 2.05) is 24.3 Å². The summed E-state index contributed by atoms with van der Waals surface area (Å²) in [5, 5.41) is 0. The Morgan fingerprint density at radius 1 is 0.829 bits per heavy atom. The molecule has 1 aliphatic rings. The Kier molecular flexibility index (Phi) is 6.99. The number of ether oxygens (including phenoxy) is 1. The van der Waals surface area contributed by atoms with Crippen LogP contribution in [0.15, 0.2) is 65.1 Å². The van der Waals surface area contributed by atoms with Crippen LogP contribution in [0.1, 0.15) is 44.6 Å². The molecule has 0 saturated heterocycles. The highest BCUT2D eigenvalue weighted by atomic mass is 79.9. The van der Waals surface area contributed by atoms with Crippen molar-refractivity contribution in [1.82, 2.24) is 0 Å². The molecule has 0 spiro atoms. The molecule has 2 nitrogen and oxygen atoms in total. The lowest BCUT2D eigenvalue weighted by Crippen LogP contribution is -2.25. The fourth-order valence-corrected chi connectivity index (χ4v) is 4.42. The van der Waals surface area contributed by atoms with Crippen LogP contribution < -0.4 is 4.74 Å². The lowest BCUT2D eigenvalue weighted by molar-refractivity contribution is -0.143. The van der Waals surface area contributed by atoms with E-state index in [9.17, 15) is 31.1 Å². The van der Waals surface area contributed by atoms with Gasteiger partial charge in [-0.25, -0.2) is 0 Å². The molecule has 35 heavy (non-hydrogen) atoms. The molecule has 0 fully saturated rings. The number of hydrogen-bond donors (Lipinski definition) is 0. The maximum absolute atomic E-state index is 13.2. The van der Waals surface area contributed by atoms with Gasteiger partial charge in [-0.2, -0.15) is 26.3 Å². The number of alkyl halides is 6. The van der Waals surface area contributed by atoms with Crippen LogP contribution in [-0.4, -0.2) is 5.78 Å². The molecule has 0 saturated carbocycles. The number of halogens is 7. The van der Waals surface area contributed by atoms with Gasteiger partial charge in [0.1, 0.15) is 12.4 Å². The average molecular weight is 557 g/mol. The van der Waals surface area contributed by atoms with Crippen LogP contribution in [0.5, 0.6) is 5.75 Å². The Bertz CT molecular complexity index is 1200. The highest BCUT2D eigenvalue weighted by molar-refractivity contribution is 9.10. The molecule has 0 amide bonds. The molecule has 0 aliphatic heterocycles. The van der Waals surface area contributed by atoms with Crippen LogP contribution in [0.4, 0.5) is 26.3 Å². The van der Waals surface area contributed by atoms with E-state index in [1.54, 1.807) is 18.2 Å². The first-order valence-corrected chi connectivity index (χ1v) is 11.5. The van der Waals surface area contributed by atoms with E-state index in [0.717, 1.165) is 15.6 Å². The minimum absolute atomic E-state index is 0.0945. The summed E-state index contributed by atoms with van der Waals surface area (Å²) in [5.41, 5.74) is -0.790. The first-order valence-electron chi connectivity index (χ1n) is 10.7. The predicted octanol–water partition coefficient (Wildman–Crippen LogP) is 8.05. The first kappa shape index (κ1) is 25.3. The molecule has 9 heteroatoms. The van der Waals surface area contributed by atoms with Gasteiger partial charge in [-0.1, -0.05) is 28.1 Å². The van der Waals surface area contributed by atoms with E-state index in [1.165, 1.54) is 0 Å². The average Bonchev–Trinajstić information content (AvgIpc) is 2.79. The van der Waals surface area contributed by atoms with Crippen LogP contribution >= 0.6 is 15.9 Å². The molecular formula is C26H19BrF6O2. The standard InChI is InChI=1S/C26H19BrF6O2/c27-21-5-1-15(2-6-21)14-35-22-7-8-23-17(12-22)3-4-18(24(23)34)9-16-10-19(25(28,29)30)13-20(11-16)26(31,32)33/h1-2,5-8,10-13,18H,3-4,9,14H2. The van der Waals surface area contributed by atoms with Crippen LogP contribution in [0.3, 0.4) is 0 Å². The SMILES string of the molecule is O=C1c2ccc(OCc3ccc(Br)cc3)cc2CCC1Cc1cc(C(F)(F)F)cc(C(F)(F)F)c1. The molecule has 0 aromatic heterocycles. The Balaban J connectivity index is 1.50. The molecule has 1 unspecified atom stereocenters. The summed E-state index contributed by atoms with van der Waals surface area (Å²) in [6.45, 7) is 0.333. The maximum Gasteiger partial charge on any atom is 0.416 e. The number of hydrogen-bond acceptors (Lipinski definition) is 2. The van der Waals surface area contributed by atoms with Crippen LogP contribution in [0.2, 0.25) is 0 Å². The number of Topliss-reactive ketones (excluding diaryl/α,β-unsaturated/α-hetero) is 1. The van der Waals surface area contributed by atoms with Crippen molar-refractivity contribution in [2.75, 3.05) is 0 Å². The summed E-state index contributed by atoms with van der Waals surface area (Å²) in [4.78, 5) is 13.0. The number of carbonyl (C=O) groups excluding carboxylic acids is 1. The van der Waals surface area contributed by atoms with Gasteiger partial charge in [0.25, 0.3) is 0 Å². The molecule has 0 bridgehead atoms. The Labute approximate surface area is 206 Å². The molecule has 0 N–H and O–H groups in total. The van der Waals surface area contributed by atoms with Gasteiger partial charge in [0.2, 0.25) is 0 Å². The molecule has 4 rings (SSSR count). The largest absolute Gasteiger partial charge is 0.489 e. The quantitative estimate of drug-likeness (QED) is 0.297. The van der Waals surface area contributed by atoms with E-state index >= 15 is 0 Å². The van der Waals surface area contributed by atoms with E-state index in [4.69, 9.17) is 4.74 Å². The number of ketones is 1. The smallest absolute Gasteiger partial charge is 0.416 e. The maximum atomic E-state index is 13.2. The second kappa shape index (κ2) is 9.68. The molecule has 1 atom stereocenters.